The molecule has 1 amide bonds. The monoisotopic (exact) mass is 384 g/mol. The molecule has 1 aromatic heterocycles. The normalized spacial score (nSPS) is 21.1. The Morgan fingerprint density at radius 3 is 3.14 bits per heavy atom. The molecule has 7 heteroatoms. The molecule has 1 saturated heterocycles. The first kappa shape index (κ1) is 18.8. The van der Waals surface area contributed by atoms with Crippen molar-refractivity contribution in [2.45, 2.75) is 51.8 Å². The van der Waals surface area contributed by atoms with Crippen LogP contribution < -0.4 is 20.1 Å². The Labute approximate surface area is 165 Å². The van der Waals surface area contributed by atoms with Crippen LogP contribution in [0.25, 0.3) is 0 Å². The molecule has 0 spiro atoms. The lowest BCUT2D eigenvalue weighted by Crippen LogP contribution is -2.32. The largest absolute Gasteiger partial charge is 0.494 e. The number of piperidine rings is 1. The second-order valence-corrected chi connectivity index (χ2v) is 7.50. The Hall–Kier alpha value is -2.54. The fourth-order valence-electron chi connectivity index (χ4n) is 3.90. The second kappa shape index (κ2) is 8.22. The molecule has 3 heterocycles. The van der Waals surface area contributed by atoms with Gasteiger partial charge >= 0.3 is 0 Å². The molecule has 2 unspecified atom stereocenters. The van der Waals surface area contributed by atoms with Gasteiger partial charge in [-0.15, -0.1) is 0 Å². The van der Waals surface area contributed by atoms with E-state index in [0.29, 0.717) is 24.9 Å². The number of nitrogens with one attached hydrogen (secondary N) is 2. The number of fused-ring (bicyclic) bond motifs is 1. The van der Waals surface area contributed by atoms with Crippen LogP contribution in [0.15, 0.2) is 24.4 Å². The molecule has 2 aliphatic rings. The predicted octanol–water partition coefficient (Wildman–Crippen LogP) is 2.46. The van der Waals surface area contributed by atoms with E-state index in [-0.39, 0.29) is 12.0 Å². The van der Waals surface area contributed by atoms with Crippen LogP contribution in [0.3, 0.4) is 0 Å². The molecule has 0 bridgehead atoms. The number of rotatable bonds is 6. The molecule has 0 aliphatic carbocycles. The summed E-state index contributed by atoms with van der Waals surface area (Å²) in [5, 5.41) is 10.8. The third-order valence-corrected chi connectivity index (χ3v) is 5.30. The van der Waals surface area contributed by atoms with Crippen LogP contribution in [0.1, 0.15) is 54.3 Å². The smallest absolute Gasteiger partial charge is 0.272 e. The van der Waals surface area contributed by atoms with Crippen molar-refractivity contribution in [3.63, 3.8) is 0 Å². The summed E-state index contributed by atoms with van der Waals surface area (Å²) in [7, 11) is 0. The van der Waals surface area contributed by atoms with Gasteiger partial charge in [0.15, 0.2) is 0 Å². The first-order valence-corrected chi connectivity index (χ1v) is 10.1. The first-order chi connectivity index (χ1) is 13.6. The minimum atomic E-state index is -0.181. The quantitative estimate of drug-likeness (QED) is 0.800. The molecule has 1 aromatic carbocycles. The number of amides is 1. The molecule has 2 aliphatic heterocycles. The summed E-state index contributed by atoms with van der Waals surface area (Å²) in [5.74, 6) is 1.51. The van der Waals surface area contributed by atoms with Gasteiger partial charge in [-0.05, 0) is 51.4 Å². The van der Waals surface area contributed by atoms with Gasteiger partial charge in [-0.2, -0.15) is 5.10 Å². The van der Waals surface area contributed by atoms with E-state index in [0.717, 1.165) is 55.0 Å². The summed E-state index contributed by atoms with van der Waals surface area (Å²) in [6.07, 6.45) is 5.16. The number of carbonyl (C=O) groups is 1. The number of nitrogens with zero attached hydrogens (tertiary/aromatic N) is 2. The van der Waals surface area contributed by atoms with Crippen LogP contribution in [0, 0.1) is 0 Å². The molecule has 2 atom stereocenters. The van der Waals surface area contributed by atoms with Crippen molar-refractivity contribution in [3.05, 3.63) is 41.2 Å². The van der Waals surface area contributed by atoms with Gasteiger partial charge in [0.2, 0.25) is 0 Å². The number of benzene rings is 1. The van der Waals surface area contributed by atoms with Crippen molar-refractivity contribution in [3.8, 4) is 11.5 Å². The number of carbonyl (C=O) groups excluding carboxylic acids is 1. The highest BCUT2D eigenvalue weighted by Crippen LogP contribution is 2.35. The maximum absolute atomic E-state index is 12.6. The molecule has 150 valence electrons. The summed E-state index contributed by atoms with van der Waals surface area (Å²) in [4.78, 5) is 12.6. The predicted molar refractivity (Wildman–Crippen MR) is 106 cm³/mol. The van der Waals surface area contributed by atoms with Gasteiger partial charge in [0, 0.05) is 36.8 Å². The Balaban J connectivity index is 1.43. The molecular weight excluding hydrogens is 356 g/mol. The topological polar surface area (TPSA) is 77.4 Å². The summed E-state index contributed by atoms with van der Waals surface area (Å²) in [6, 6.07) is 6.11. The molecule has 4 rings (SSSR count). The van der Waals surface area contributed by atoms with E-state index in [1.807, 2.05) is 29.9 Å². The number of hydrogen-bond donors (Lipinski definition) is 2. The highest BCUT2D eigenvalue weighted by atomic mass is 16.5. The average Bonchev–Trinajstić information content (AvgIpc) is 3.33. The van der Waals surface area contributed by atoms with Gasteiger partial charge in [0.1, 0.15) is 23.3 Å². The summed E-state index contributed by atoms with van der Waals surface area (Å²) in [5.41, 5.74) is 2.51. The van der Waals surface area contributed by atoms with E-state index >= 15 is 0 Å². The van der Waals surface area contributed by atoms with Crippen LogP contribution in [-0.4, -0.2) is 41.5 Å². The van der Waals surface area contributed by atoms with Crippen molar-refractivity contribution >= 4 is 5.91 Å². The minimum Gasteiger partial charge on any atom is -0.494 e. The number of hydrogen-bond acceptors (Lipinski definition) is 5. The lowest BCUT2D eigenvalue weighted by atomic mass is 10.1. The average molecular weight is 384 g/mol. The summed E-state index contributed by atoms with van der Waals surface area (Å²) in [6.45, 7) is 6.92. The molecular formula is C21H28N4O3. The van der Waals surface area contributed by atoms with E-state index in [1.165, 1.54) is 0 Å². The molecule has 28 heavy (non-hydrogen) atoms. The Kier molecular flexibility index (Phi) is 5.52. The van der Waals surface area contributed by atoms with Gasteiger partial charge in [-0.3, -0.25) is 9.48 Å². The zero-order chi connectivity index (χ0) is 19.5. The molecule has 2 N–H and O–H groups in total. The SMILES string of the molecule is CCOc1cc2c(cc1CNC(=O)c1ccn(C3CCCNC3)n1)OC(C)C2. The zero-order valence-corrected chi connectivity index (χ0v) is 16.5. The molecule has 0 saturated carbocycles. The van der Waals surface area contributed by atoms with Crippen LogP contribution in [0.2, 0.25) is 0 Å². The molecule has 2 aromatic rings. The van der Waals surface area contributed by atoms with Gasteiger partial charge < -0.3 is 20.1 Å². The third-order valence-electron chi connectivity index (χ3n) is 5.30. The zero-order valence-electron chi connectivity index (χ0n) is 16.5. The third kappa shape index (κ3) is 3.99. The highest BCUT2D eigenvalue weighted by molar-refractivity contribution is 5.92. The summed E-state index contributed by atoms with van der Waals surface area (Å²) < 4.78 is 13.5. The molecule has 1 fully saturated rings. The fraction of sp³-hybridized carbons (Fsp3) is 0.524. The Bertz CT molecular complexity index is 842. The van der Waals surface area contributed by atoms with Crippen LogP contribution >= 0.6 is 0 Å². The van der Waals surface area contributed by atoms with Gasteiger partial charge in [0.05, 0.1) is 12.6 Å². The van der Waals surface area contributed by atoms with E-state index in [4.69, 9.17) is 9.47 Å². The Morgan fingerprint density at radius 2 is 2.36 bits per heavy atom. The highest BCUT2D eigenvalue weighted by Gasteiger charge is 2.22. The fourth-order valence-corrected chi connectivity index (χ4v) is 3.90. The maximum atomic E-state index is 12.6. The van der Waals surface area contributed by atoms with Crippen molar-refractivity contribution < 1.29 is 14.3 Å². The number of ether oxygens (including phenoxy) is 2. The first-order valence-electron chi connectivity index (χ1n) is 10.1. The molecule has 0 radical (unpaired) electrons. The van der Waals surface area contributed by atoms with Crippen LogP contribution in [0.5, 0.6) is 11.5 Å². The van der Waals surface area contributed by atoms with Crippen molar-refractivity contribution in [2.24, 2.45) is 0 Å². The van der Waals surface area contributed by atoms with Crippen molar-refractivity contribution in [2.75, 3.05) is 19.7 Å². The molecule has 7 nitrogen and oxygen atoms in total. The lowest BCUT2D eigenvalue weighted by Gasteiger charge is -2.22. The second-order valence-electron chi connectivity index (χ2n) is 7.50. The van der Waals surface area contributed by atoms with E-state index in [9.17, 15) is 4.79 Å². The van der Waals surface area contributed by atoms with Crippen molar-refractivity contribution in [1.29, 1.82) is 0 Å². The van der Waals surface area contributed by atoms with Crippen molar-refractivity contribution in [1.82, 2.24) is 20.4 Å². The lowest BCUT2D eigenvalue weighted by molar-refractivity contribution is 0.0944. The summed E-state index contributed by atoms with van der Waals surface area (Å²) >= 11 is 0. The van der Waals surface area contributed by atoms with Crippen LogP contribution in [0.4, 0.5) is 0 Å². The minimum absolute atomic E-state index is 0.174. The van der Waals surface area contributed by atoms with Gasteiger partial charge in [-0.1, -0.05) is 0 Å². The maximum Gasteiger partial charge on any atom is 0.272 e. The van der Waals surface area contributed by atoms with E-state index in [1.54, 1.807) is 6.07 Å². The van der Waals surface area contributed by atoms with E-state index in [2.05, 4.69) is 22.7 Å². The van der Waals surface area contributed by atoms with Gasteiger partial charge in [-0.25, -0.2) is 0 Å². The van der Waals surface area contributed by atoms with E-state index < -0.39 is 0 Å². The number of aromatic nitrogens is 2. The van der Waals surface area contributed by atoms with Gasteiger partial charge in [0.25, 0.3) is 5.91 Å². The standard InChI is InChI=1S/C21H28N4O3/c1-3-27-19-10-15-9-14(2)28-20(15)11-16(19)12-23-21(26)18-6-8-25(24-18)17-5-4-7-22-13-17/h6,8,10-11,14,17,22H,3-5,7,9,12-13H2,1-2H3,(H,23,26). The van der Waals surface area contributed by atoms with Crippen LogP contribution in [-0.2, 0) is 13.0 Å². The Morgan fingerprint density at radius 1 is 1.46 bits per heavy atom.